The van der Waals surface area contributed by atoms with E-state index in [1.54, 1.807) is 6.07 Å². The minimum absolute atomic E-state index is 0.0304. The van der Waals surface area contributed by atoms with Crippen LogP contribution in [0.5, 0.6) is 5.75 Å². The molecule has 0 unspecified atom stereocenters. The summed E-state index contributed by atoms with van der Waals surface area (Å²) in [6.07, 6.45) is 10.6. The van der Waals surface area contributed by atoms with Crippen LogP contribution in [0.3, 0.4) is 0 Å². The maximum atomic E-state index is 11.9. The quantitative estimate of drug-likeness (QED) is 0.344. The number of hydrogen-bond acceptors (Lipinski definition) is 6. The van der Waals surface area contributed by atoms with Gasteiger partial charge in [-0.05, 0) is 55.8 Å². The highest BCUT2D eigenvalue weighted by molar-refractivity contribution is 7.99. The molecule has 1 aliphatic heterocycles. The number of hydrogen-bond donors (Lipinski definition) is 2. The molecule has 0 aliphatic carbocycles. The molecule has 7 nitrogen and oxygen atoms in total. The Hall–Kier alpha value is -2.71. The van der Waals surface area contributed by atoms with Gasteiger partial charge < -0.3 is 19.8 Å². The first kappa shape index (κ1) is 24.9. The van der Waals surface area contributed by atoms with Crippen LogP contribution >= 0.6 is 11.8 Å². The summed E-state index contributed by atoms with van der Waals surface area (Å²) in [5.74, 6) is 1.69. The van der Waals surface area contributed by atoms with Crippen LogP contribution in [0.1, 0.15) is 35.2 Å². The zero-order chi connectivity index (χ0) is 23.1. The highest BCUT2D eigenvalue weighted by atomic mass is 32.2. The van der Waals surface area contributed by atoms with E-state index in [9.17, 15) is 9.59 Å². The first-order valence-corrected chi connectivity index (χ1v) is 12.6. The number of amides is 2. The molecule has 0 bridgehead atoms. The Kier molecular flexibility index (Phi) is 10.9. The molecule has 1 aromatic heterocycles. The van der Waals surface area contributed by atoms with E-state index in [0.29, 0.717) is 36.8 Å². The van der Waals surface area contributed by atoms with Crippen molar-refractivity contribution >= 4 is 23.6 Å². The van der Waals surface area contributed by atoms with Gasteiger partial charge in [-0.1, -0.05) is 24.6 Å². The maximum absolute atomic E-state index is 11.9. The molecule has 8 heteroatoms. The molecule has 1 aromatic carbocycles. The summed E-state index contributed by atoms with van der Waals surface area (Å²) in [7, 11) is 0. The van der Waals surface area contributed by atoms with E-state index in [-0.39, 0.29) is 11.8 Å². The minimum atomic E-state index is -0.171. The van der Waals surface area contributed by atoms with Gasteiger partial charge in [0.1, 0.15) is 18.6 Å². The van der Waals surface area contributed by atoms with Gasteiger partial charge in [0, 0.05) is 25.4 Å². The summed E-state index contributed by atoms with van der Waals surface area (Å²) in [5.41, 5.74) is 1.78. The number of nitrogens with one attached hydrogen (secondary N) is 2. The van der Waals surface area contributed by atoms with Crippen LogP contribution in [0.25, 0.3) is 0 Å². The fourth-order valence-electron chi connectivity index (χ4n) is 3.53. The van der Waals surface area contributed by atoms with E-state index in [1.165, 1.54) is 62.2 Å². The lowest BCUT2D eigenvalue weighted by Gasteiger charge is -2.26. The van der Waals surface area contributed by atoms with Crippen molar-refractivity contribution in [2.45, 2.75) is 25.8 Å². The minimum Gasteiger partial charge on any atom is -0.490 e. The van der Waals surface area contributed by atoms with E-state index >= 15 is 0 Å². The van der Waals surface area contributed by atoms with Crippen molar-refractivity contribution in [1.29, 1.82) is 0 Å². The number of benzene rings is 1. The second-order valence-electron chi connectivity index (χ2n) is 7.89. The Bertz CT molecular complexity index is 880. The predicted octanol–water partition coefficient (Wildman–Crippen LogP) is 3.48. The topological polar surface area (TPSA) is 83.8 Å². The Morgan fingerprint density at radius 3 is 2.82 bits per heavy atom. The second-order valence-corrected chi connectivity index (χ2v) is 9.00. The van der Waals surface area contributed by atoms with E-state index in [1.807, 2.05) is 24.3 Å². The largest absolute Gasteiger partial charge is 0.490 e. The van der Waals surface area contributed by atoms with Crippen LogP contribution in [-0.4, -0.2) is 61.0 Å². The number of ether oxygens (including phenoxy) is 1. The molecule has 2 N–H and O–H groups in total. The van der Waals surface area contributed by atoms with Gasteiger partial charge in [0.25, 0.3) is 5.91 Å². The number of likely N-dealkylation sites (tertiary alicyclic amines) is 1. The lowest BCUT2D eigenvalue weighted by atomic mass is 10.1. The van der Waals surface area contributed by atoms with Gasteiger partial charge >= 0.3 is 0 Å². The monoisotopic (exact) mass is 471 g/mol. The number of furan rings is 1. The zero-order valence-corrected chi connectivity index (χ0v) is 19.8. The van der Waals surface area contributed by atoms with Crippen molar-refractivity contribution in [3.63, 3.8) is 0 Å². The molecule has 1 fully saturated rings. The van der Waals surface area contributed by atoms with Gasteiger partial charge in [-0.15, -0.1) is 0 Å². The normalized spacial score (nSPS) is 14.3. The molecule has 1 saturated heterocycles. The average molecular weight is 472 g/mol. The van der Waals surface area contributed by atoms with Crippen molar-refractivity contribution in [3.8, 4) is 5.75 Å². The molecule has 2 amide bonds. The van der Waals surface area contributed by atoms with Crippen LogP contribution in [0.2, 0.25) is 0 Å². The fourth-order valence-corrected chi connectivity index (χ4v) is 4.20. The van der Waals surface area contributed by atoms with Gasteiger partial charge in [0.2, 0.25) is 5.91 Å². The molecule has 178 valence electrons. The van der Waals surface area contributed by atoms with Crippen LogP contribution in [0, 0.1) is 0 Å². The highest BCUT2D eigenvalue weighted by Crippen LogP contribution is 2.17. The maximum Gasteiger partial charge on any atom is 0.254 e. The molecule has 2 heterocycles. The van der Waals surface area contributed by atoms with Crippen LogP contribution in [0.15, 0.2) is 59.4 Å². The third-order valence-electron chi connectivity index (χ3n) is 5.23. The Morgan fingerprint density at radius 1 is 1.12 bits per heavy atom. The molecule has 1 aliphatic rings. The number of carbonyl (C=O) groups is 2. The molecule has 3 rings (SSSR count). The predicted molar refractivity (Wildman–Crippen MR) is 132 cm³/mol. The van der Waals surface area contributed by atoms with E-state index in [0.717, 1.165) is 12.3 Å². The smallest absolute Gasteiger partial charge is 0.254 e. The molecular weight excluding hydrogens is 438 g/mol. The summed E-state index contributed by atoms with van der Waals surface area (Å²) in [6.45, 7) is 4.77. The van der Waals surface area contributed by atoms with Crippen molar-refractivity contribution < 1.29 is 18.7 Å². The first-order chi connectivity index (χ1) is 16.2. The Labute approximate surface area is 199 Å². The third kappa shape index (κ3) is 9.75. The molecule has 0 spiro atoms. The van der Waals surface area contributed by atoms with Gasteiger partial charge in [0.05, 0.1) is 17.6 Å². The van der Waals surface area contributed by atoms with Gasteiger partial charge in [0.15, 0.2) is 0 Å². The number of thioether (sulfide) groups is 1. The van der Waals surface area contributed by atoms with Crippen LogP contribution < -0.4 is 15.4 Å². The summed E-state index contributed by atoms with van der Waals surface area (Å²) >= 11 is 1.48. The number of carbonyl (C=O) groups excluding carboxylic acids is 2. The van der Waals surface area contributed by atoms with Crippen LogP contribution in [0.4, 0.5) is 0 Å². The molecule has 33 heavy (non-hydrogen) atoms. The lowest BCUT2D eigenvalue weighted by molar-refractivity contribution is -0.118. The number of nitrogens with zero attached hydrogens (tertiary/aromatic N) is 1. The van der Waals surface area contributed by atoms with Gasteiger partial charge in [-0.2, -0.15) is 11.8 Å². The zero-order valence-electron chi connectivity index (χ0n) is 19.0. The summed E-state index contributed by atoms with van der Waals surface area (Å²) in [4.78, 5) is 26.1. The van der Waals surface area contributed by atoms with E-state index < -0.39 is 0 Å². The summed E-state index contributed by atoms with van der Waals surface area (Å²) in [5, 5.41) is 5.63. The van der Waals surface area contributed by atoms with Crippen molar-refractivity contribution in [2.24, 2.45) is 0 Å². The average Bonchev–Trinajstić information content (AvgIpc) is 3.37. The standard InChI is InChI=1S/C25H33N3O4S/c29-24(20-33-16-11-27-25(30)22-9-15-31-19-22)26-10-2-5-14-32-23-8-6-7-21(17-23)18-28-12-3-1-4-13-28/h2,5-9,15,17,19H,1,3-4,10-14,16,18,20H2,(H,26,29)(H,27,30)/b5-2-. The van der Waals surface area contributed by atoms with Crippen LogP contribution in [-0.2, 0) is 11.3 Å². The van der Waals surface area contributed by atoms with E-state index in [4.69, 9.17) is 9.15 Å². The first-order valence-electron chi connectivity index (χ1n) is 11.4. The van der Waals surface area contributed by atoms with Gasteiger partial charge in [-0.3, -0.25) is 14.5 Å². The van der Waals surface area contributed by atoms with Gasteiger partial charge in [-0.25, -0.2) is 0 Å². The van der Waals surface area contributed by atoms with Crippen molar-refractivity contribution in [1.82, 2.24) is 15.5 Å². The SMILES string of the molecule is O=C(CSCCNC(=O)c1ccoc1)NC/C=C\COc1cccc(CN2CCCCC2)c1. The number of piperidine rings is 1. The molecule has 0 saturated carbocycles. The molecule has 0 atom stereocenters. The molecule has 2 aromatic rings. The summed E-state index contributed by atoms with van der Waals surface area (Å²) in [6, 6.07) is 9.89. The second kappa shape index (κ2) is 14.4. The lowest BCUT2D eigenvalue weighted by Crippen LogP contribution is -2.29. The van der Waals surface area contributed by atoms with E-state index in [2.05, 4.69) is 27.7 Å². The van der Waals surface area contributed by atoms with Crippen molar-refractivity contribution in [3.05, 3.63) is 66.1 Å². The Balaban J connectivity index is 1.21. The number of rotatable bonds is 13. The Morgan fingerprint density at radius 2 is 2.00 bits per heavy atom. The molecular formula is C25H33N3O4S. The van der Waals surface area contributed by atoms with Crippen molar-refractivity contribution in [2.75, 3.05) is 44.3 Å². The fraction of sp³-hybridized carbons (Fsp3) is 0.440. The third-order valence-corrected chi connectivity index (χ3v) is 6.19. The molecule has 0 radical (unpaired) electrons. The summed E-state index contributed by atoms with van der Waals surface area (Å²) < 4.78 is 10.7. The highest BCUT2D eigenvalue weighted by Gasteiger charge is 2.10.